The first kappa shape index (κ1) is 18.5. The van der Waals surface area contributed by atoms with Crippen molar-refractivity contribution in [1.82, 2.24) is 4.90 Å². The van der Waals surface area contributed by atoms with Gasteiger partial charge < -0.3 is 9.84 Å². The predicted molar refractivity (Wildman–Crippen MR) is 108 cm³/mol. The third-order valence-corrected chi connectivity index (χ3v) is 5.30. The number of fused-ring (bicyclic) bond motifs is 3. The van der Waals surface area contributed by atoms with Crippen molar-refractivity contribution in [2.75, 3.05) is 13.2 Å². The Morgan fingerprint density at radius 1 is 1.14 bits per heavy atom. The second kappa shape index (κ2) is 8.91. The standard InChI is InChI=1S/C23H27NO4/c1-3-5-14-21(22(25)26)24(4-2)23(27)28-15-20-18-12-8-6-10-16(18)17-11-7-9-13-19(17)20/h6-13,20-21H,3-5,14-15H2,1-2H3,(H,25,26)/t21-/m0/s1/i2D. The summed E-state index contributed by atoms with van der Waals surface area (Å²) in [6.07, 6.45) is 1.23. The van der Waals surface area contributed by atoms with E-state index in [0.717, 1.165) is 28.7 Å². The molecule has 1 atom stereocenters. The van der Waals surface area contributed by atoms with Gasteiger partial charge in [0.1, 0.15) is 12.6 Å². The zero-order chi connectivity index (χ0) is 20.8. The fourth-order valence-corrected chi connectivity index (χ4v) is 3.86. The molecule has 1 aliphatic rings. The summed E-state index contributed by atoms with van der Waals surface area (Å²) in [6.45, 7) is 2.08. The first-order valence-electron chi connectivity index (χ1n) is 10.4. The van der Waals surface area contributed by atoms with Crippen molar-refractivity contribution < 1.29 is 20.8 Å². The second-order valence-corrected chi connectivity index (χ2v) is 6.99. The normalized spacial score (nSPS) is 14.0. The van der Waals surface area contributed by atoms with E-state index in [2.05, 4.69) is 12.1 Å². The molecule has 0 saturated heterocycles. The third-order valence-electron chi connectivity index (χ3n) is 5.30. The van der Waals surface area contributed by atoms with Crippen LogP contribution in [0.25, 0.3) is 11.1 Å². The van der Waals surface area contributed by atoms with Crippen LogP contribution in [0.5, 0.6) is 0 Å². The third kappa shape index (κ3) is 3.88. The minimum atomic E-state index is -1.06. The van der Waals surface area contributed by atoms with Gasteiger partial charge in [-0.3, -0.25) is 4.90 Å². The van der Waals surface area contributed by atoms with Gasteiger partial charge in [-0.2, -0.15) is 0 Å². The van der Waals surface area contributed by atoms with Crippen molar-refractivity contribution in [3.63, 3.8) is 0 Å². The number of benzene rings is 2. The highest BCUT2D eigenvalue weighted by Crippen LogP contribution is 2.44. The molecule has 0 unspecified atom stereocenters. The molecule has 2 aromatic rings. The van der Waals surface area contributed by atoms with Crippen LogP contribution in [0.1, 0.15) is 51.5 Å². The minimum absolute atomic E-state index is 0.0390. The van der Waals surface area contributed by atoms with Gasteiger partial charge in [0.15, 0.2) is 0 Å². The lowest BCUT2D eigenvalue weighted by Crippen LogP contribution is -2.45. The van der Waals surface area contributed by atoms with Gasteiger partial charge in [-0.1, -0.05) is 68.3 Å². The number of aliphatic carboxylic acids is 1. The van der Waals surface area contributed by atoms with Crippen LogP contribution in [0.4, 0.5) is 4.79 Å². The van der Waals surface area contributed by atoms with Gasteiger partial charge >= 0.3 is 12.1 Å². The minimum Gasteiger partial charge on any atom is -0.480 e. The second-order valence-electron chi connectivity index (χ2n) is 6.99. The van der Waals surface area contributed by atoms with Crippen molar-refractivity contribution in [2.24, 2.45) is 0 Å². The number of carboxylic acid groups (broad SMARTS) is 1. The molecule has 0 aliphatic heterocycles. The van der Waals surface area contributed by atoms with E-state index in [4.69, 9.17) is 6.11 Å². The molecule has 0 saturated carbocycles. The summed E-state index contributed by atoms with van der Waals surface area (Å²) >= 11 is 0. The number of amides is 1. The van der Waals surface area contributed by atoms with Gasteiger partial charge in [-0.25, -0.2) is 9.59 Å². The molecule has 0 radical (unpaired) electrons. The molecule has 0 fully saturated rings. The largest absolute Gasteiger partial charge is 0.480 e. The Labute approximate surface area is 167 Å². The van der Waals surface area contributed by atoms with E-state index in [-0.39, 0.29) is 26.0 Å². The summed E-state index contributed by atoms with van der Waals surface area (Å²) in [5, 5.41) is 9.58. The number of carbonyl (C=O) groups excluding carboxylic acids is 1. The van der Waals surface area contributed by atoms with Crippen LogP contribution in [0.2, 0.25) is 0 Å². The molecular weight excluding hydrogens is 354 g/mol. The first-order valence-corrected chi connectivity index (χ1v) is 9.72. The lowest BCUT2D eigenvalue weighted by Gasteiger charge is -2.27. The van der Waals surface area contributed by atoms with Crippen molar-refractivity contribution in [2.45, 2.75) is 45.0 Å². The lowest BCUT2D eigenvalue weighted by molar-refractivity contribution is -0.143. The van der Waals surface area contributed by atoms with E-state index < -0.39 is 18.1 Å². The quantitative estimate of drug-likeness (QED) is 0.705. The zero-order valence-corrected chi connectivity index (χ0v) is 16.1. The van der Waals surface area contributed by atoms with Crippen LogP contribution in [0.15, 0.2) is 48.5 Å². The molecular formula is C23H27NO4. The van der Waals surface area contributed by atoms with E-state index in [9.17, 15) is 14.7 Å². The monoisotopic (exact) mass is 382 g/mol. The topological polar surface area (TPSA) is 66.8 Å². The Hall–Kier alpha value is -2.82. The number of rotatable bonds is 8. The van der Waals surface area contributed by atoms with Crippen LogP contribution >= 0.6 is 0 Å². The molecule has 1 N–H and O–H groups in total. The number of likely N-dealkylation sites (N-methyl/N-ethyl adjacent to an activating group) is 1. The lowest BCUT2D eigenvalue weighted by atomic mass is 9.98. The maximum absolute atomic E-state index is 12.8. The smallest absolute Gasteiger partial charge is 0.410 e. The number of hydrogen-bond acceptors (Lipinski definition) is 3. The van der Waals surface area contributed by atoms with E-state index in [1.54, 1.807) is 0 Å². The van der Waals surface area contributed by atoms with Gasteiger partial charge in [-0.05, 0) is 35.6 Å². The Morgan fingerprint density at radius 2 is 1.75 bits per heavy atom. The Balaban J connectivity index is 1.77. The predicted octanol–water partition coefficient (Wildman–Crippen LogP) is 4.90. The fourth-order valence-electron chi connectivity index (χ4n) is 3.86. The van der Waals surface area contributed by atoms with Gasteiger partial charge in [0, 0.05) is 13.8 Å². The van der Waals surface area contributed by atoms with Gasteiger partial charge in [0.05, 0.1) is 0 Å². The Morgan fingerprint density at radius 3 is 2.29 bits per heavy atom. The number of nitrogens with zero attached hydrogens (tertiary/aromatic N) is 1. The van der Waals surface area contributed by atoms with E-state index in [0.29, 0.717) is 12.8 Å². The SMILES string of the molecule is [2H]CCN(C(=O)OCC1c2ccccc2-c2ccccc21)[C@@H](CCCC)C(=O)O. The summed E-state index contributed by atoms with van der Waals surface area (Å²) in [6, 6.07) is 15.2. The zero-order valence-electron chi connectivity index (χ0n) is 17.1. The van der Waals surface area contributed by atoms with Crippen LogP contribution < -0.4 is 0 Å². The summed E-state index contributed by atoms with van der Waals surface area (Å²) < 4.78 is 13.1. The molecule has 1 aliphatic carbocycles. The molecule has 0 bridgehead atoms. The summed E-state index contributed by atoms with van der Waals surface area (Å²) in [5.41, 5.74) is 4.49. The maximum Gasteiger partial charge on any atom is 0.410 e. The fraction of sp³-hybridized carbons (Fsp3) is 0.391. The Bertz CT molecular complexity index is 824. The molecule has 2 aromatic carbocycles. The molecule has 0 aromatic heterocycles. The molecule has 3 rings (SSSR count). The first-order chi connectivity index (χ1) is 14.1. The average Bonchev–Trinajstić information content (AvgIpc) is 3.05. The molecule has 1 amide bonds. The van der Waals surface area contributed by atoms with E-state index in [1.165, 1.54) is 4.90 Å². The molecule has 5 nitrogen and oxygen atoms in total. The summed E-state index contributed by atoms with van der Waals surface area (Å²) in [5.74, 6) is -1.14. The number of carbonyl (C=O) groups is 2. The highest BCUT2D eigenvalue weighted by molar-refractivity contribution is 5.81. The molecule has 5 heteroatoms. The van der Waals surface area contributed by atoms with E-state index in [1.807, 2.05) is 43.3 Å². The summed E-state index contributed by atoms with van der Waals surface area (Å²) in [7, 11) is 0. The van der Waals surface area contributed by atoms with Crippen molar-refractivity contribution in [3.8, 4) is 11.1 Å². The van der Waals surface area contributed by atoms with Crippen LogP contribution in [-0.2, 0) is 9.53 Å². The molecule has 0 heterocycles. The maximum atomic E-state index is 12.8. The number of carboxylic acids is 1. The molecule has 28 heavy (non-hydrogen) atoms. The van der Waals surface area contributed by atoms with Crippen molar-refractivity contribution in [1.29, 1.82) is 0 Å². The highest BCUT2D eigenvalue weighted by Gasteiger charge is 2.32. The van der Waals surface area contributed by atoms with Gasteiger partial charge in [-0.15, -0.1) is 0 Å². The van der Waals surface area contributed by atoms with Crippen molar-refractivity contribution >= 4 is 12.1 Å². The van der Waals surface area contributed by atoms with E-state index >= 15 is 0 Å². The van der Waals surface area contributed by atoms with Crippen molar-refractivity contribution in [3.05, 3.63) is 59.7 Å². The number of ether oxygens (including phenoxy) is 1. The van der Waals surface area contributed by atoms with Crippen LogP contribution in [0, 0.1) is 0 Å². The molecule has 0 spiro atoms. The highest BCUT2D eigenvalue weighted by atomic mass is 16.6. The molecule has 148 valence electrons. The summed E-state index contributed by atoms with van der Waals surface area (Å²) in [4.78, 5) is 25.7. The van der Waals surface area contributed by atoms with Crippen LogP contribution in [-0.4, -0.2) is 41.3 Å². The Kier molecular flexibility index (Phi) is 5.90. The van der Waals surface area contributed by atoms with Gasteiger partial charge in [0.25, 0.3) is 0 Å². The number of unbranched alkanes of at least 4 members (excludes halogenated alkanes) is 1. The van der Waals surface area contributed by atoms with Gasteiger partial charge in [0.2, 0.25) is 0 Å². The average molecular weight is 382 g/mol. The van der Waals surface area contributed by atoms with Crippen LogP contribution in [0.3, 0.4) is 0 Å². The number of hydrogen-bond donors (Lipinski definition) is 1.